The van der Waals surface area contributed by atoms with Gasteiger partial charge in [-0.2, -0.15) is 0 Å². The number of aliphatic hydroxyl groups is 2. The number of hydrogen-bond acceptors (Lipinski definition) is 8. The average molecular weight is 385 g/mol. The Morgan fingerprint density at radius 2 is 2.00 bits per heavy atom. The molecule has 10 heteroatoms. The van der Waals surface area contributed by atoms with Crippen molar-refractivity contribution in [1.29, 1.82) is 0 Å². The Morgan fingerprint density at radius 1 is 1.21 bits per heavy atom. The Hall–Kier alpha value is -3.08. The number of para-hydroxylation sites is 1. The predicted octanol–water partition coefficient (Wildman–Crippen LogP) is 0.726. The molecule has 0 radical (unpaired) electrons. The number of fused-ring (bicyclic) bond motifs is 1. The highest BCUT2D eigenvalue weighted by Gasteiger charge is 2.42. The lowest BCUT2D eigenvalue weighted by Gasteiger charge is -2.16. The van der Waals surface area contributed by atoms with E-state index in [0.717, 1.165) is 0 Å². The molecule has 1 fully saturated rings. The second-order valence-corrected chi connectivity index (χ2v) is 6.41. The molecule has 1 saturated heterocycles. The van der Waals surface area contributed by atoms with Crippen LogP contribution in [0.2, 0.25) is 0 Å². The van der Waals surface area contributed by atoms with Gasteiger partial charge < -0.3 is 25.0 Å². The molecule has 1 aliphatic heterocycles. The van der Waals surface area contributed by atoms with Crippen LogP contribution < -0.4 is 10.1 Å². The first-order valence-corrected chi connectivity index (χ1v) is 8.64. The number of carbonyl (C=O) groups excluding carboxylic acids is 1. The third-order valence-electron chi connectivity index (χ3n) is 4.69. The number of nitrogens with zero attached hydrogens (tertiary/aromatic N) is 4. The number of nitrogens with one attached hydrogen (secondary N) is 1. The number of aliphatic hydroxyl groups excluding tert-OH is 2. The van der Waals surface area contributed by atoms with Gasteiger partial charge in [0.25, 0.3) is 5.91 Å². The quantitative estimate of drug-likeness (QED) is 0.599. The summed E-state index contributed by atoms with van der Waals surface area (Å²) in [6.45, 7) is 1.67. The van der Waals surface area contributed by atoms with Gasteiger partial charge >= 0.3 is 0 Å². The largest absolute Gasteiger partial charge is 0.496 e. The molecule has 2 aromatic heterocycles. The average Bonchev–Trinajstić information content (AvgIpc) is 3.25. The first-order valence-electron chi connectivity index (χ1n) is 8.64. The van der Waals surface area contributed by atoms with Gasteiger partial charge in [0.2, 0.25) is 0 Å². The molecule has 3 N–H and O–H groups in total. The first-order chi connectivity index (χ1) is 13.5. The molecule has 0 unspecified atom stereocenters. The SMILES string of the molecule is COc1ccccc1C(=O)Nc1ncnc2c1ncn2[C@@H]1O[C@H](C)[C@@H](O)[C@H]1O. The van der Waals surface area contributed by atoms with E-state index in [4.69, 9.17) is 9.47 Å². The number of methoxy groups -OCH3 is 1. The molecule has 0 aliphatic carbocycles. The number of anilines is 1. The molecule has 1 amide bonds. The maximum Gasteiger partial charge on any atom is 0.260 e. The standard InChI is InChI=1S/C18H19N5O5/c1-9-13(24)14(25)18(28-9)23-8-21-12-15(19-7-20-16(12)23)22-17(26)10-5-3-4-6-11(10)27-2/h3-9,13-14,18,24-25H,1-2H3,(H,19,20,22,26)/t9-,13-,14-,18-/m1/s1. The molecule has 0 bridgehead atoms. The van der Waals surface area contributed by atoms with E-state index in [2.05, 4.69) is 20.3 Å². The van der Waals surface area contributed by atoms with Crippen LogP contribution in [0, 0.1) is 0 Å². The number of amides is 1. The minimum Gasteiger partial charge on any atom is -0.496 e. The van der Waals surface area contributed by atoms with Crippen LogP contribution in [-0.4, -0.2) is 61.1 Å². The summed E-state index contributed by atoms with van der Waals surface area (Å²) in [6.07, 6.45) is -0.828. The Kier molecular flexibility index (Phi) is 4.67. The van der Waals surface area contributed by atoms with E-state index in [9.17, 15) is 15.0 Å². The van der Waals surface area contributed by atoms with Crippen LogP contribution in [-0.2, 0) is 4.74 Å². The number of imidazole rings is 1. The molecule has 1 aromatic carbocycles. The van der Waals surface area contributed by atoms with Crippen LogP contribution in [0.25, 0.3) is 11.2 Å². The zero-order valence-corrected chi connectivity index (χ0v) is 15.2. The highest BCUT2D eigenvalue weighted by molar-refractivity contribution is 6.08. The van der Waals surface area contributed by atoms with Gasteiger partial charge in [0.1, 0.15) is 24.3 Å². The third-order valence-corrected chi connectivity index (χ3v) is 4.69. The van der Waals surface area contributed by atoms with E-state index in [1.165, 1.54) is 24.3 Å². The number of carbonyl (C=O) groups is 1. The van der Waals surface area contributed by atoms with E-state index in [0.29, 0.717) is 22.5 Å². The zero-order chi connectivity index (χ0) is 19.8. The normalized spacial score (nSPS) is 24.4. The summed E-state index contributed by atoms with van der Waals surface area (Å²) in [7, 11) is 1.49. The second kappa shape index (κ2) is 7.15. The van der Waals surface area contributed by atoms with E-state index in [1.54, 1.807) is 31.2 Å². The van der Waals surface area contributed by atoms with Crippen molar-refractivity contribution >= 4 is 22.9 Å². The molecule has 146 valence electrons. The third kappa shape index (κ3) is 2.97. The van der Waals surface area contributed by atoms with Gasteiger partial charge in [-0.25, -0.2) is 15.0 Å². The van der Waals surface area contributed by atoms with Crippen LogP contribution >= 0.6 is 0 Å². The highest BCUT2D eigenvalue weighted by Crippen LogP contribution is 2.32. The maximum atomic E-state index is 12.7. The number of benzene rings is 1. The Bertz CT molecular complexity index is 1020. The summed E-state index contributed by atoms with van der Waals surface area (Å²) in [6, 6.07) is 6.82. The zero-order valence-electron chi connectivity index (χ0n) is 15.2. The first kappa shape index (κ1) is 18.3. The van der Waals surface area contributed by atoms with Crippen molar-refractivity contribution < 1.29 is 24.5 Å². The summed E-state index contributed by atoms with van der Waals surface area (Å²) in [5.41, 5.74) is 1.04. The van der Waals surface area contributed by atoms with Crippen molar-refractivity contribution in [3.05, 3.63) is 42.5 Å². The minimum absolute atomic E-state index is 0.209. The van der Waals surface area contributed by atoms with Gasteiger partial charge in [-0.15, -0.1) is 0 Å². The molecule has 4 atom stereocenters. The number of ether oxygens (including phenoxy) is 2. The van der Waals surface area contributed by atoms with Crippen LogP contribution in [0.5, 0.6) is 5.75 Å². The molecule has 3 aromatic rings. The molecule has 10 nitrogen and oxygen atoms in total. The van der Waals surface area contributed by atoms with Crippen molar-refractivity contribution in [3.63, 3.8) is 0 Å². The van der Waals surface area contributed by atoms with Gasteiger partial charge in [-0.3, -0.25) is 9.36 Å². The lowest BCUT2D eigenvalue weighted by Crippen LogP contribution is -2.30. The molecule has 28 heavy (non-hydrogen) atoms. The van der Waals surface area contributed by atoms with E-state index >= 15 is 0 Å². The van der Waals surface area contributed by atoms with Crippen molar-refractivity contribution in [2.45, 2.75) is 31.5 Å². The lowest BCUT2D eigenvalue weighted by molar-refractivity contribution is -0.0299. The predicted molar refractivity (Wildman–Crippen MR) is 97.9 cm³/mol. The molecule has 1 aliphatic rings. The molecular formula is C18H19N5O5. The minimum atomic E-state index is -1.13. The monoisotopic (exact) mass is 385 g/mol. The summed E-state index contributed by atoms with van der Waals surface area (Å²) < 4.78 is 12.3. The molecule has 4 rings (SSSR count). The molecule has 0 spiro atoms. The van der Waals surface area contributed by atoms with Crippen LogP contribution in [0.3, 0.4) is 0 Å². The van der Waals surface area contributed by atoms with Crippen LogP contribution in [0.4, 0.5) is 5.82 Å². The topological polar surface area (TPSA) is 132 Å². The van der Waals surface area contributed by atoms with Crippen molar-refractivity contribution in [2.75, 3.05) is 12.4 Å². The van der Waals surface area contributed by atoms with E-state index in [1.807, 2.05) is 0 Å². The summed E-state index contributed by atoms with van der Waals surface area (Å²) in [5.74, 6) is 0.232. The number of rotatable bonds is 4. The highest BCUT2D eigenvalue weighted by atomic mass is 16.6. The van der Waals surface area contributed by atoms with E-state index in [-0.39, 0.29) is 5.82 Å². The van der Waals surface area contributed by atoms with Gasteiger partial charge in [-0.1, -0.05) is 12.1 Å². The molecular weight excluding hydrogens is 366 g/mol. The number of hydrogen-bond donors (Lipinski definition) is 3. The fraction of sp³-hybridized carbons (Fsp3) is 0.333. The number of aromatic nitrogens is 4. The summed E-state index contributed by atoms with van der Waals surface area (Å²) in [5, 5.41) is 22.9. The van der Waals surface area contributed by atoms with Gasteiger partial charge in [0.15, 0.2) is 23.2 Å². The Balaban J connectivity index is 1.67. The van der Waals surface area contributed by atoms with Crippen molar-refractivity contribution in [1.82, 2.24) is 19.5 Å². The molecule has 0 saturated carbocycles. The lowest BCUT2D eigenvalue weighted by atomic mass is 10.1. The van der Waals surface area contributed by atoms with Gasteiger partial charge in [0, 0.05) is 0 Å². The summed E-state index contributed by atoms with van der Waals surface area (Å²) >= 11 is 0. The van der Waals surface area contributed by atoms with E-state index < -0.39 is 30.4 Å². The fourth-order valence-electron chi connectivity index (χ4n) is 3.19. The van der Waals surface area contributed by atoms with Crippen LogP contribution in [0.15, 0.2) is 36.9 Å². The van der Waals surface area contributed by atoms with Crippen LogP contribution in [0.1, 0.15) is 23.5 Å². The Labute approximate surface area is 159 Å². The second-order valence-electron chi connectivity index (χ2n) is 6.41. The smallest absolute Gasteiger partial charge is 0.260 e. The Morgan fingerprint density at radius 3 is 2.71 bits per heavy atom. The van der Waals surface area contributed by atoms with Crippen molar-refractivity contribution in [2.24, 2.45) is 0 Å². The van der Waals surface area contributed by atoms with Gasteiger partial charge in [-0.05, 0) is 19.1 Å². The summed E-state index contributed by atoms with van der Waals surface area (Å²) in [4.78, 5) is 25.2. The van der Waals surface area contributed by atoms with Gasteiger partial charge in [0.05, 0.1) is 25.1 Å². The fourth-order valence-corrected chi connectivity index (χ4v) is 3.19. The molecule has 3 heterocycles. The van der Waals surface area contributed by atoms with Crippen molar-refractivity contribution in [3.8, 4) is 5.75 Å². The maximum absolute atomic E-state index is 12.7.